The predicted octanol–water partition coefficient (Wildman–Crippen LogP) is 2.54. The van der Waals surface area contributed by atoms with Gasteiger partial charge in [0.1, 0.15) is 5.75 Å². The van der Waals surface area contributed by atoms with Gasteiger partial charge in [-0.2, -0.15) is 0 Å². The van der Waals surface area contributed by atoms with E-state index in [-0.39, 0.29) is 29.5 Å². The van der Waals surface area contributed by atoms with Gasteiger partial charge in [0.25, 0.3) is 0 Å². The zero-order valence-corrected chi connectivity index (χ0v) is 16.0. The van der Waals surface area contributed by atoms with Gasteiger partial charge in [-0.15, -0.1) is 0 Å². The molecule has 0 bridgehead atoms. The monoisotopic (exact) mass is 368 g/mol. The van der Waals surface area contributed by atoms with Gasteiger partial charge in [-0.3, -0.25) is 4.79 Å². The molecule has 0 aliphatic heterocycles. The maximum Gasteiger partial charge on any atom is 0.240 e. The Morgan fingerprint density at radius 1 is 1.24 bits per heavy atom. The highest BCUT2D eigenvalue weighted by Crippen LogP contribution is 2.24. The SMILES string of the molecule is CC(=O)N(CCNS(=O)(=O)c1ccc(OC2CCCC2)cc1)C(C)C. The number of nitrogens with zero attached hydrogens (tertiary/aromatic N) is 1. The number of sulfonamides is 1. The second-order valence-corrected chi connectivity index (χ2v) is 8.47. The average Bonchev–Trinajstić information content (AvgIpc) is 3.04. The van der Waals surface area contributed by atoms with Crippen molar-refractivity contribution in [3.05, 3.63) is 24.3 Å². The van der Waals surface area contributed by atoms with Crippen LogP contribution in [0.15, 0.2) is 29.2 Å². The summed E-state index contributed by atoms with van der Waals surface area (Å²) in [6.07, 6.45) is 4.74. The van der Waals surface area contributed by atoms with E-state index in [0.717, 1.165) is 12.8 Å². The van der Waals surface area contributed by atoms with Gasteiger partial charge in [-0.25, -0.2) is 13.1 Å². The van der Waals surface area contributed by atoms with Crippen LogP contribution < -0.4 is 9.46 Å². The largest absolute Gasteiger partial charge is 0.490 e. The maximum atomic E-state index is 12.4. The summed E-state index contributed by atoms with van der Waals surface area (Å²) in [5.41, 5.74) is 0. The minimum atomic E-state index is -3.59. The molecule has 1 aromatic carbocycles. The van der Waals surface area contributed by atoms with E-state index in [0.29, 0.717) is 12.3 Å². The highest BCUT2D eigenvalue weighted by Gasteiger charge is 2.18. The molecule has 1 amide bonds. The molecule has 25 heavy (non-hydrogen) atoms. The van der Waals surface area contributed by atoms with E-state index in [4.69, 9.17) is 4.74 Å². The zero-order chi connectivity index (χ0) is 18.4. The third-order valence-electron chi connectivity index (χ3n) is 4.41. The molecule has 1 aliphatic rings. The van der Waals surface area contributed by atoms with Crippen LogP contribution in [-0.2, 0) is 14.8 Å². The third kappa shape index (κ3) is 5.71. The summed E-state index contributed by atoms with van der Waals surface area (Å²) in [5, 5.41) is 0. The van der Waals surface area contributed by atoms with Gasteiger partial charge in [0.2, 0.25) is 15.9 Å². The normalized spacial score (nSPS) is 15.5. The van der Waals surface area contributed by atoms with Crippen LogP contribution in [0.1, 0.15) is 46.5 Å². The number of rotatable bonds is 8. The lowest BCUT2D eigenvalue weighted by Gasteiger charge is -2.25. The van der Waals surface area contributed by atoms with Gasteiger partial charge in [-0.05, 0) is 63.8 Å². The molecular weight excluding hydrogens is 340 g/mol. The van der Waals surface area contributed by atoms with Crippen molar-refractivity contribution in [2.45, 2.75) is 63.5 Å². The first-order valence-corrected chi connectivity index (χ1v) is 10.3. The van der Waals surface area contributed by atoms with Crippen molar-refractivity contribution >= 4 is 15.9 Å². The van der Waals surface area contributed by atoms with Crippen LogP contribution in [0.25, 0.3) is 0 Å². The zero-order valence-electron chi connectivity index (χ0n) is 15.2. The third-order valence-corrected chi connectivity index (χ3v) is 5.89. The molecule has 0 atom stereocenters. The molecule has 6 nitrogen and oxygen atoms in total. The number of carbonyl (C=O) groups is 1. The molecule has 1 saturated carbocycles. The molecular formula is C18H28N2O4S. The maximum absolute atomic E-state index is 12.4. The van der Waals surface area contributed by atoms with Crippen molar-refractivity contribution in [1.29, 1.82) is 0 Å². The molecule has 1 N–H and O–H groups in total. The van der Waals surface area contributed by atoms with Crippen molar-refractivity contribution in [3.8, 4) is 5.75 Å². The minimum absolute atomic E-state index is 0.0361. The van der Waals surface area contributed by atoms with Crippen LogP contribution in [0.2, 0.25) is 0 Å². The number of carbonyl (C=O) groups excluding carboxylic acids is 1. The molecule has 0 radical (unpaired) electrons. The smallest absolute Gasteiger partial charge is 0.240 e. The highest BCUT2D eigenvalue weighted by molar-refractivity contribution is 7.89. The van der Waals surface area contributed by atoms with Crippen molar-refractivity contribution in [1.82, 2.24) is 9.62 Å². The van der Waals surface area contributed by atoms with Crippen molar-refractivity contribution in [2.75, 3.05) is 13.1 Å². The van der Waals surface area contributed by atoms with E-state index >= 15 is 0 Å². The lowest BCUT2D eigenvalue weighted by Crippen LogP contribution is -2.41. The quantitative estimate of drug-likeness (QED) is 0.765. The fourth-order valence-corrected chi connectivity index (χ4v) is 4.08. The number of hydrogen-bond acceptors (Lipinski definition) is 4. The fourth-order valence-electron chi connectivity index (χ4n) is 3.06. The molecule has 140 valence electrons. The summed E-state index contributed by atoms with van der Waals surface area (Å²) in [6.45, 7) is 5.81. The summed E-state index contributed by atoms with van der Waals surface area (Å²) in [6, 6.07) is 6.54. The van der Waals surface area contributed by atoms with Gasteiger partial charge >= 0.3 is 0 Å². The topological polar surface area (TPSA) is 75.7 Å². The fraction of sp³-hybridized carbons (Fsp3) is 0.611. The van der Waals surface area contributed by atoms with E-state index < -0.39 is 10.0 Å². The molecule has 7 heteroatoms. The Morgan fingerprint density at radius 3 is 2.36 bits per heavy atom. The molecule has 2 rings (SSSR count). The Labute approximate surface area is 150 Å². The number of amides is 1. The second kappa shape index (κ2) is 8.67. The lowest BCUT2D eigenvalue weighted by atomic mass is 10.3. The van der Waals surface area contributed by atoms with Crippen LogP contribution in [0.3, 0.4) is 0 Å². The van der Waals surface area contributed by atoms with Gasteiger partial charge in [-0.1, -0.05) is 0 Å². The van der Waals surface area contributed by atoms with E-state index in [1.54, 1.807) is 29.2 Å². The molecule has 1 fully saturated rings. The minimum Gasteiger partial charge on any atom is -0.490 e. The van der Waals surface area contributed by atoms with Gasteiger partial charge in [0, 0.05) is 26.1 Å². The molecule has 0 saturated heterocycles. The van der Waals surface area contributed by atoms with Crippen molar-refractivity contribution < 1.29 is 17.9 Å². The van der Waals surface area contributed by atoms with Crippen LogP contribution in [0.5, 0.6) is 5.75 Å². The summed E-state index contributed by atoms with van der Waals surface area (Å²) in [4.78, 5) is 13.4. The number of ether oxygens (including phenoxy) is 1. The van der Waals surface area contributed by atoms with E-state index in [1.807, 2.05) is 13.8 Å². The van der Waals surface area contributed by atoms with Gasteiger partial charge < -0.3 is 9.64 Å². The van der Waals surface area contributed by atoms with E-state index in [2.05, 4.69) is 4.72 Å². The predicted molar refractivity (Wildman–Crippen MR) is 97.0 cm³/mol. The van der Waals surface area contributed by atoms with Crippen molar-refractivity contribution in [2.24, 2.45) is 0 Å². The molecule has 0 heterocycles. The highest BCUT2D eigenvalue weighted by atomic mass is 32.2. The van der Waals surface area contributed by atoms with Crippen LogP contribution in [0.4, 0.5) is 0 Å². The summed E-state index contributed by atoms with van der Waals surface area (Å²) in [7, 11) is -3.59. The molecule has 0 aromatic heterocycles. The van der Waals surface area contributed by atoms with Crippen molar-refractivity contribution in [3.63, 3.8) is 0 Å². The standard InChI is InChI=1S/C18H28N2O4S/c1-14(2)20(15(3)21)13-12-19-25(22,23)18-10-8-17(9-11-18)24-16-6-4-5-7-16/h8-11,14,16,19H,4-7,12-13H2,1-3H3. The Balaban J connectivity index is 1.91. The Bertz CT molecular complexity index is 665. The van der Waals surface area contributed by atoms with Crippen LogP contribution in [-0.4, -0.2) is 44.5 Å². The number of nitrogens with one attached hydrogen (secondary N) is 1. The molecule has 1 aromatic rings. The first-order valence-electron chi connectivity index (χ1n) is 8.83. The Morgan fingerprint density at radius 2 is 1.84 bits per heavy atom. The van der Waals surface area contributed by atoms with E-state index in [1.165, 1.54) is 19.8 Å². The Hall–Kier alpha value is -1.60. The van der Waals surface area contributed by atoms with E-state index in [9.17, 15) is 13.2 Å². The number of hydrogen-bond donors (Lipinski definition) is 1. The summed E-state index contributed by atoms with van der Waals surface area (Å²) >= 11 is 0. The summed E-state index contributed by atoms with van der Waals surface area (Å²) < 4.78 is 33.1. The summed E-state index contributed by atoms with van der Waals surface area (Å²) in [5.74, 6) is 0.635. The van der Waals surface area contributed by atoms with Gasteiger partial charge in [0.15, 0.2) is 0 Å². The van der Waals surface area contributed by atoms with Crippen LogP contribution >= 0.6 is 0 Å². The molecule has 0 unspecified atom stereocenters. The van der Waals surface area contributed by atoms with Gasteiger partial charge in [0.05, 0.1) is 11.0 Å². The first kappa shape index (κ1) is 19.7. The average molecular weight is 368 g/mol. The molecule has 1 aliphatic carbocycles. The first-order chi connectivity index (χ1) is 11.8. The Kier molecular flexibility index (Phi) is 6.84. The second-order valence-electron chi connectivity index (χ2n) is 6.70. The number of benzene rings is 1. The lowest BCUT2D eigenvalue weighted by molar-refractivity contribution is -0.130. The van der Waals surface area contributed by atoms with Crippen LogP contribution in [0, 0.1) is 0 Å². The molecule has 0 spiro atoms.